The summed E-state index contributed by atoms with van der Waals surface area (Å²) >= 11 is 0. The minimum Gasteiger partial charge on any atom is -0.121 e. The highest BCUT2D eigenvalue weighted by molar-refractivity contribution is 5.15. The van der Waals surface area contributed by atoms with Gasteiger partial charge in [-0.25, -0.2) is 0 Å². The summed E-state index contributed by atoms with van der Waals surface area (Å²) in [5.41, 5.74) is 5.39. The molecule has 0 bridgehead atoms. The van der Waals surface area contributed by atoms with Crippen molar-refractivity contribution in [2.24, 2.45) is 10.8 Å². The van der Waals surface area contributed by atoms with E-state index in [-0.39, 0.29) is 10.8 Å². The van der Waals surface area contributed by atoms with E-state index < -0.39 is 0 Å². The third kappa shape index (κ3) is 9.01. The van der Waals surface area contributed by atoms with Gasteiger partial charge in [0.05, 0.1) is 0 Å². The Bertz CT molecular complexity index is 296. The van der Waals surface area contributed by atoms with Crippen LogP contribution in [0.5, 0.6) is 0 Å². The molecule has 0 nitrogen and oxygen atoms in total. The van der Waals surface area contributed by atoms with Crippen LogP contribution >= 0.6 is 0 Å². The minimum absolute atomic E-state index is 0.237. The fourth-order valence-corrected chi connectivity index (χ4v) is 1.50. The van der Waals surface area contributed by atoms with Crippen LogP contribution in [0.4, 0.5) is 0 Å². The highest BCUT2D eigenvalue weighted by Crippen LogP contribution is 2.28. The van der Waals surface area contributed by atoms with Crippen molar-refractivity contribution in [3.05, 3.63) is 29.5 Å². The van der Waals surface area contributed by atoms with E-state index >= 15 is 0 Å². The summed E-state index contributed by atoms with van der Waals surface area (Å²) in [6.45, 7) is 15.7. The molecule has 0 saturated carbocycles. The lowest BCUT2D eigenvalue weighted by Gasteiger charge is -2.20. The molecule has 0 heteroatoms. The van der Waals surface area contributed by atoms with Crippen LogP contribution in [-0.4, -0.2) is 0 Å². The number of hydrogen-bond acceptors (Lipinski definition) is 0. The van der Waals surface area contributed by atoms with Crippen molar-refractivity contribution >= 4 is 0 Å². The third-order valence-corrected chi connectivity index (χ3v) is 2.64. The van der Waals surface area contributed by atoms with E-state index in [1.54, 1.807) is 0 Å². The molecule has 0 atom stereocenters. The monoisotopic (exact) mass is 234 g/mol. The standard InChI is InChI=1S/C17H30/c1-8-9-12-15(17(5,6)7)13-10-11-14-16(2,3)4/h10-11,14H,8-9,12H2,1-7H3/b14-11+. The Morgan fingerprint density at radius 3 is 2.06 bits per heavy atom. The number of allylic oxidation sites excluding steroid dienone is 3. The van der Waals surface area contributed by atoms with Gasteiger partial charge >= 0.3 is 0 Å². The molecule has 0 aromatic rings. The average molecular weight is 234 g/mol. The molecule has 0 aliphatic carbocycles. The summed E-state index contributed by atoms with van der Waals surface area (Å²) < 4.78 is 0. The van der Waals surface area contributed by atoms with Crippen molar-refractivity contribution in [2.75, 3.05) is 0 Å². The first kappa shape index (κ1) is 16.3. The molecule has 0 aromatic heterocycles. The van der Waals surface area contributed by atoms with Crippen LogP contribution in [0.25, 0.3) is 0 Å². The van der Waals surface area contributed by atoms with Gasteiger partial charge in [0.1, 0.15) is 0 Å². The number of rotatable bonds is 4. The molecule has 0 spiro atoms. The molecule has 0 heterocycles. The molecule has 0 aliphatic heterocycles. The molecule has 0 aliphatic rings. The highest BCUT2D eigenvalue weighted by Gasteiger charge is 2.15. The smallest absolute Gasteiger partial charge is 0.00971 e. The summed E-state index contributed by atoms with van der Waals surface area (Å²) in [5, 5.41) is 0. The van der Waals surface area contributed by atoms with Crippen LogP contribution in [0, 0.1) is 10.8 Å². The Kier molecular flexibility index (Phi) is 6.57. The zero-order valence-electron chi connectivity index (χ0n) is 12.9. The van der Waals surface area contributed by atoms with Crippen molar-refractivity contribution in [1.29, 1.82) is 0 Å². The summed E-state index contributed by atoms with van der Waals surface area (Å²) in [5.74, 6) is 0. The lowest BCUT2D eigenvalue weighted by molar-refractivity contribution is 0.477. The van der Waals surface area contributed by atoms with Crippen LogP contribution in [0.1, 0.15) is 67.7 Å². The lowest BCUT2D eigenvalue weighted by Crippen LogP contribution is -2.08. The van der Waals surface area contributed by atoms with Gasteiger partial charge in [0, 0.05) is 0 Å². The predicted octanol–water partition coefficient (Wildman–Crippen LogP) is 5.91. The molecule has 0 aromatic carbocycles. The Morgan fingerprint density at radius 1 is 1.06 bits per heavy atom. The van der Waals surface area contributed by atoms with Crippen molar-refractivity contribution in [1.82, 2.24) is 0 Å². The number of hydrogen-bond donors (Lipinski definition) is 0. The normalized spacial score (nSPS) is 12.6. The first-order valence-electron chi connectivity index (χ1n) is 6.80. The Balaban J connectivity index is 4.80. The van der Waals surface area contributed by atoms with Crippen LogP contribution < -0.4 is 0 Å². The van der Waals surface area contributed by atoms with Crippen LogP contribution in [-0.2, 0) is 0 Å². The van der Waals surface area contributed by atoms with Gasteiger partial charge in [-0.1, -0.05) is 67.0 Å². The Hall–Kier alpha value is -0.740. The topological polar surface area (TPSA) is 0 Å². The zero-order chi connectivity index (χ0) is 13.5. The predicted molar refractivity (Wildman–Crippen MR) is 79.2 cm³/mol. The van der Waals surface area contributed by atoms with Gasteiger partial charge in [-0.05, 0) is 35.3 Å². The van der Waals surface area contributed by atoms with E-state index in [1.165, 1.54) is 24.8 Å². The second kappa shape index (κ2) is 6.87. The Labute approximate surface area is 109 Å². The summed E-state index contributed by atoms with van der Waals surface area (Å²) in [4.78, 5) is 0. The van der Waals surface area contributed by atoms with Crippen LogP contribution in [0.2, 0.25) is 0 Å². The van der Waals surface area contributed by atoms with Crippen molar-refractivity contribution < 1.29 is 0 Å². The summed E-state index contributed by atoms with van der Waals surface area (Å²) in [6, 6.07) is 0. The van der Waals surface area contributed by atoms with Gasteiger partial charge in [0.2, 0.25) is 0 Å². The van der Waals surface area contributed by atoms with Crippen LogP contribution in [0.15, 0.2) is 29.5 Å². The second-order valence-corrected chi connectivity index (χ2v) is 6.87. The molecular formula is C17H30. The maximum atomic E-state index is 3.47. The van der Waals surface area contributed by atoms with Crippen LogP contribution in [0.3, 0.4) is 0 Å². The molecule has 0 N–H and O–H groups in total. The second-order valence-electron chi connectivity index (χ2n) is 6.87. The van der Waals surface area contributed by atoms with E-state index in [0.717, 1.165) is 0 Å². The maximum absolute atomic E-state index is 3.47. The average Bonchev–Trinajstić information content (AvgIpc) is 2.13. The SMILES string of the molecule is CCCCC(=C=C/C=C/C(C)(C)C)C(C)(C)C. The molecule has 98 valence electrons. The molecule has 0 radical (unpaired) electrons. The van der Waals surface area contributed by atoms with Gasteiger partial charge in [-0.3, -0.25) is 0 Å². The lowest BCUT2D eigenvalue weighted by atomic mass is 9.84. The molecule has 0 rings (SSSR count). The van der Waals surface area contributed by atoms with Gasteiger partial charge in [-0.15, -0.1) is 5.73 Å². The van der Waals surface area contributed by atoms with Gasteiger partial charge in [0.15, 0.2) is 0 Å². The largest absolute Gasteiger partial charge is 0.121 e. The van der Waals surface area contributed by atoms with E-state index in [2.05, 4.69) is 72.4 Å². The van der Waals surface area contributed by atoms with Crippen molar-refractivity contribution in [3.63, 3.8) is 0 Å². The van der Waals surface area contributed by atoms with E-state index in [4.69, 9.17) is 0 Å². The first-order valence-corrected chi connectivity index (χ1v) is 6.80. The fraction of sp³-hybridized carbons (Fsp3) is 0.706. The molecule has 0 fully saturated rings. The highest BCUT2D eigenvalue weighted by atomic mass is 14.2. The first-order chi connectivity index (χ1) is 7.67. The van der Waals surface area contributed by atoms with E-state index in [1.807, 2.05) is 0 Å². The summed E-state index contributed by atoms with van der Waals surface area (Å²) in [7, 11) is 0. The van der Waals surface area contributed by atoms with Crippen molar-refractivity contribution in [3.8, 4) is 0 Å². The Morgan fingerprint density at radius 2 is 1.65 bits per heavy atom. The molecule has 0 unspecified atom stereocenters. The molecule has 0 saturated heterocycles. The minimum atomic E-state index is 0.237. The zero-order valence-corrected chi connectivity index (χ0v) is 12.9. The molecule has 17 heavy (non-hydrogen) atoms. The number of unbranched alkanes of at least 4 members (excludes halogenated alkanes) is 1. The molecular weight excluding hydrogens is 204 g/mol. The maximum Gasteiger partial charge on any atom is -0.00971 e. The van der Waals surface area contributed by atoms with E-state index in [9.17, 15) is 0 Å². The van der Waals surface area contributed by atoms with Gasteiger partial charge in [-0.2, -0.15) is 0 Å². The van der Waals surface area contributed by atoms with Gasteiger partial charge in [0.25, 0.3) is 0 Å². The van der Waals surface area contributed by atoms with Crippen molar-refractivity contribution in [2.45, 2.75) is 67.7 Å². The van der Waals surface area contributed by atoms with E-state index in [0.29, 0.717) is 0 Å². The third-order valence-electron chi connectivity index (χ3n) is 2.64. The summed E-state index contributed by atoms with van der Waals surface area (Å²) in [6.07, 6.45) is 10.1. The quantitative estimate of drug-likeness (QED) is 0.419. The fourth-order valence-electron chi connectivity index (χ4n) is 1.50. The molecule has 0 amide bonds. The van der Waals surface area contributed by atoms with Gasteiger partial charge < -0.3 is 0 Å².